The van der Waals surface area contributed by atoms with Gasteiger partial charge < -0.3 is 10.6 Å². The number of benzene rings is 1. The molecule has 1 fully saturated rings. The van der Waals surface area contributed by atoms with Crippen LogP contribution in [0.1, 0.15) is 27.7 Å². The van der Waals surface area contributed by atoms with E-state index in [0.29, 0.717) is 12.2 Å². The predicted molar refractivity (Wildman–Crippen MR) is 100 cm³/mol. The molecule has 1 aromatic rings. The summed E-state index contributed by atoms with van der Waals surface area (Å²) in [6, 6.07) is 5.45. The molecule has 0 aliphatic carbocycles. The second kappa shape index (κ2) is 8.60. The third kappa shape index (κ3) is 6.38. The smallest absolute Gasteiger partial charge is 0.241 e. The number of nitrogens with zero attached hydrogens (tertiary/aromatic N) is 2. The van der Waals surface area contributed by atoms with E-state index in [1.54, 1.807) is 12.1 Å². The molecule has 144 valence electrons. The van der Waals surface area contributed by atoms with E-state index in [9.17, 15) is 14.0 Å². The van der Waals surface area contributed by atoms with Gasteiger partial charge in [0.2, 0.25) is 11.8 Å². The molecule has 0 radical (unpaired) electrons. The standard InChI is InChI=1S/C19H29FN4O2/c1-14(18(26)21-16-7-5-15(20)6-8-16)24-11-9-23(10-12-24)13-17(25)22-19(2,3)4/h5-8,14H,9-13H2,1-4H3,(H,21,26)(H,22,25). The van der Waals surface area contributed by atoms with E-state index in [-0.39, 0.29) is 29.2 Å². The third-order valence-corrected chi connectivity index (χ3v) is 4.33. The number of hydrogen-bond donors (Lipinski definition) is 2. The van der Waals surface area contributed by atoms with Crippen LogP contribution < -0.4 is 10.6 Å². The summed E-state index contributed by atoms with van der Waals surface area (Å²) in [5.74, 6) is -0.425. The highest BCUT2D eigenvalue weighted by molar-refractivity contribution is 5.94. The largest absolute Gasteiger partial charge is 0.350 e. The van der Waals surface area contributed by atoms with Crippen molar-refractivity contribution < 1.29 is 14.0 Å². The minimum absolute atomic E-state index is 0.0213. The first-order chi connectivity index (χ1) is 12.1. The van der Waals surface area contributed by atoms with Gasteiger partial charge in [-0.15, -0.1) is 0 Å². The number of piperazine rings is 1. The maximum absolute atomic E-state index is 12.9. The molecule has 2 rings (SSSR count). The lowest BCUT2D eigenvalue weighted by Gasteiger charge is -2.37. The summed E-state index contributed by atoms with van der Waals surface area (Å²) in [4.78, 5) is 28.6. The van der Waals surface area contributed by atoms with E-state index in [2.05, 4.69) is 20.4 Å². The SMILES string of the molecule is CC(C(=O)Nc1ccc(F)cc1)N1CCN(CC(=O)NC(C)(C)C)CC1. The Hall–Kier alpha value is -1.99. The molecule has 1 heterocycles. The number of nitrogens with one attached hydrogen (secondary N) is 2. The fourth-order valence-corrected chi connectivity index (χ4v) is 2.92. The Morgan fingerprint density at radius 2 is 1.69 bits per heavy atom. The van der Waals surface area contributed by atoms with Crippen molar-refractivity contribution in [1.29, 1.82) is 0 Å². The fraction of sp³-hybridized carbons (Fsp3) is 0.579. The van der Waals surface area contributed by atoms with E-state index in [1.807, 2.05) is 27.7 Å². The van der Waals surface area contributed by atoms with Crippen LogP contribution in [0.15, 0.2) is 24.3 Å². The molecule has 1 saturated heterocycles. The number of carbonyl (C=O) groups is 2. The first kappa shape index (κ1) is 20.3. The minimum atomic E-state index is -0.331. The molecule has 0 spiro atoms. The molecule has 1 aliphatic heterocycles. The van der Waals surface area contributed by atoms with Gasteiger partial charge in [0.25, 0.3) is 0 Å². The molecule has 2 amide bonds. The van der Waals surface area contributed by atoms with Crippen molar-refractivity contribution in [3.05, 3.63) is 30.1 Å². The Bertz CT molecular complexity index is 619. The number of rotatable bonds is 5. The highest BCUT2D eigenvalue weighted by Gasteiger charge is 2.27. The first-order valence-electron chi connectivity index (χ1n) is 8.98. The Balaban J connectivity index is 1.78. The highest BCUT2D eigenvalue weighted by Crippen LogP contribution is 2.12. The van der Waals surface area contributed by atoms with E-state index < -0.39 is 0 Å². The summed E-state index contributed by atoms with van der Waals surface area (Å²) < 4.78 is 12.9. The van der Waals surface area contributed by atoms with Crippen molar-refractivity contribution in [1.82, 2.24) is 15.1 Å². The Morgan fingerprint density at radius 3 is 2.23 bits per heavy atom. The summed E-state index contributed by atoms with van der Waals surface area (Å²) in [5.41, 5.74) is 0.354. The molecule has 2 N–H and O–H groups in total. The fourth-order valence-electron chi connectivity index (χ4n) is 2.92. The van der Waals surface area contributed by atoms with Crippen LogP contribution in [0, 0.1) is 5.82 Å². The molecular weight excluding hydrogens is 335 g/mol. The third-order valence-electron chi connectivity index (χ3n) is 4.33. The number of amides is 2. The second-order valence-corrected chi connectivity index (χ2v) is 7.78. The number of carbonyl (C=O) groups excluding carboxylic acids is 2. The minimum Gasteiger partial charge on any atom is -0.350 e. The van der Waals surface area contributed by atoms with E-state index in [1.165, 1.54) is 12.1 Å². The Morgan fingerprint density at radius 1 is 1.12 bits per heavy atom. The zero-order chi connectivity index (χ0) is 19.3. The molecule has 1 unspecified atom stereocenters. The molecular formula is C19H29FN4O2. The summed E-state index contributed by atoms with van der Waals surface area (Å²) in [6.07, 6.45) is 0. The van der Waals surface area contributed by atoms with Crippen LogP contribution in [-0.2, 0) is 9.59 Å². The molecule has 1 aliphatic rings. The normalized spacial score (nSPS) is 17.6. The quantitative estimate of drug-likeness (QED) is 0.835. The summed E-state index contributed by atoms with van der Waals surface area (Å²) in [7, 11) is 0. The average Bonchev–Trinajstić information content (AvgIpc) is 2.55. The number of anilines is 1. The van der Waals surface area contributed by atoms with Crippen LogP contribution in [0.2, 0.25) is 0 Å². The maximum Gasteiger partial charge on any atom is 0.241 e. The van der Waals surface area contributed by atoms with Gasteiger partial charge in [0, 0.05) is 37.4 Å². The van der Waals surface area contributed by atoms with Gasteiger partial charge in [-0.1, -0.05) is 0 Å². The molecule has 26 heavy (non-hydrogen) atoms. The summed E-state index contributed by atoms with van der Waals surface area (Å²) >= 11 is 0. The highest BCUT2D eigenvalue weighted by atomic mass is 19.1. The molecule has 7 heteroatoms. The van der Waals surface area contributed by atoms with Crippen LogP contribution in [0.5, 0.6) is 0 Å². The lowest BCUT2D eigenvalue weighted by atomic mass is 10.1. The van der Waals surface area contributed by atoms with Gasteiger partial charge in [-0.2, -0.15) is 0 Å². The molecule has 1 atom stereocenters. The predicted octanol–water partition coefficient (Wildman–Crippen LogP) is 1.68. The van der Waals surface area contributed by atoms with Crippen molar-refractivity contribution in [3.8, 4) is 0 Å². The Labute approximate surface area is 154 Å². The van der Waals surface area contributed by atoms with Crippen LogP contribution in [0.25, 0.3) is 0 Å². The monoisotopic (exact) mass is 364 g/mol. The summed E-state index contributed by atoms with van der Waals surface area (Å²) in [5, 5.41) is 5.78. The average molecular weight is 364 g/mol. The second-order valence-electron chi connectivity index (χ2n) is 7.78. The van der Waals surface area contributed by atoms with Crippen molar-refractivity contribution in [2.45, 2.75) is 39.3 Å². The number of halogens is 1. The van der Waals surface area contributed by atoms with Crippen LogP contribution >= 0.6 is 0 Å². The van der Waals surface area contributed by atoms with Crippen molar-refractivity contribution in [3.63, 3.8) is 0 Å². The van der Waals surface area contributed by atoms with Crippen molar-refractivity contribution in [2.24, 2.45) is 0 Å². The molecule has 0 aromatic heterocycles. The molecule has 0 bridgehead atoms. The van der Waals surface area contributed by atoms with E-state index in [4.69, 9.17) is 0 Å². The van der Waals surface area contributed by atoms with Gasteiger partial charge >= 0.3 is 0 Å². The van der Waals surface area contributed by atoms with Crippen LogP contribution in [0.4, 0.5) is 10.1 Å². The molecule has 1 aromatic carbocycles. The van der Waals surface area contributed by atoms with Gasteiger partial charge in [0.15, 0.2) is 0 Å². The topological polar surface area (TPSA) is 64.7 Å². The maximum atomic E-state index is 12.9. The Kier molecular flexibility index (Phi) is 6.72. The molecule has 6 nitrogen and oxygen atoms in total. The van der Waals surface area contributed by atoms with Gasteiger partial charge in [-0.3, -0.25) is 19.4 Å². The van der Waals surface area contributed by atoms with Crippen LogP contribution in [-0.4, -0.2) is 65.9 Å². The van der Waals surface area contributed by atoms with Gasteiger partial charge in [-0.25, -0.2) is 4.39 Å². The number of hydrogen-bond acceptors (Lipinski definition) is 4. The van der Waals surface area contributed by atoms with Crippen molar-refractivity contribution >= 4 is 17.5 Å². The van der Waals surface area contributed by atoms with Crippen molar-refractivity contribution in [2.75, 3.05) is 38.0 Å². The van der Waals surface area contributed by atoms with Gasteiger partial charge in [-0.05, 0) is 52.0 Å². The summed E-state index contributed by atoms with van der Waals surface area (Å²) in [6.45, 7) is 11.1. The molecule has 0 saturated carbocycles. The lowest BCUT2D eigenvalue weighted by Crippen LogP contribution is -2.55. The van der Waals surface area contributed by atoms with Crippen LogP contribution in [0.3, 0.4) is 0 Å². The zero-order valence-electron chi connectivity index (χ0n) is 16.0. The van der Waals surface area contributed by atoms with Gasteiger partial charge in [0.05, 0.1) is 12.6 Å². The zero-order valence-corrected chi connectivity index (χ0v) is 16.0. The van der Waals surface area contributed by atoms with E-state index >= 15 is 0 Å². The lowest BCUT2D eigenvalue weighted by molar-refractivity contribution is -0.125. The van der Waals surface area contributed by atoms with E-state index in [0.717, 1.165) is 26.2 Å². The van der Waals surface area contributed by atoms with Gasteiger partial charge in [0.1, 0.15) is 5.82 Å². The first-order valence-corrected chi connectivity index (χ1v) is 8.98.